The predicted octanol–water partition coefficient (Wildman–Crippen LogP) is 3.09. The summed E-state index contributed by atoms with van der Waals surface area (Å²) >= 11 is 7.30. The van der Waals surface area contributed by atoms with Crippen molar-refractivity contribution in [2.24, 2.45) is 0 Å². The van der Waals surface area contributed by atoms with E-state index in [-0.39, 0.29) is 0 Å². The lowest BCUT2D eigenvalue weighted by Crippen LogP contribution is -1.88. The Morgan fingerprint density at radius 2 is 2.00 bits per heavy atom. The first kappa shape index (κ1) is 11.6. The van der Waals surface area contributed by atoms with E-state index in [0.717, 1.165) is 41.5 Å². The summed E-state index contributed by atoms with van der Waals surface area (Å²) in [6.07, 6.45) is 5.38. The quantitative estimate of drug-likeness (QED) is 0.746. The van der Waals surface area contributed by atoms with E-state index >= 15 is 0 Å². The molecule has 3 nitrogen and oxygen atoms in total. The summed E-state index contributed by atoms with van der Waals surface area (Å²) in [5, 5.41) is 10.4. The van der Waals surface area contributed by atoms with Crippen molar-refractivity contribution < 1.29 is 4.42 Å². The highest BCUT2D eigenvalue weighted by molar-refractivity contribution is 7.11. The van der Waals surface area contributed by atoms with Crippen molar-refractivity contribution in [2.75, 3.05) is 5.88 Å². The van der Waals surface area contributed by atoms with E-state index in [0.29, 0.717) is 5.88 Å². The molecule has 2 aromatic heterocycles. The second-order valence-electron chi connectivity index (χ2n) is 3.46. The number of hydrogen-bond acceptors (Lipinski definition) is 4. The fourth-order valence-corrected chi connectivity index (χ4v) is 2.41. The molecule has 0 aliphatic heterocycles. The maximum absolute atomic E-state index is 5.63. The Bertz CT molecular complexity index is 413. The molecule has 0 spiro atoms. The van der Waals surface area contributed by atoms with Gasteiger partial charge in [-0.05, 0) is 18.6 Å². The minimum atomic E-state index is 0.682. The molecular formula is C11H13ClN2OS. The molecule has 5 heteroatoms. The van der Waals surface area contributed by atoms with E-state index < -0.39 is 0 Å². The van der Waals surface area contributed by atoms with Crippen LogP contribution in [0.4, 0.5) is 0 Å². The zero-order chi connectivity index (χ0) is 11.2. The van der Waals surface area contributed by atoms with E-state index in [2.05, 4.69) is 10.2 Å². The minimum absolute atomic E-state index is 0.682. The van der Waals surface area contributed by atoms with Gasteiger partial charge in [-0.15, -0.1) is 33.1 Å². The highest BCUT2D eigenvalue weighted by Crippen LogP contribution is 2.14. The van der Waals surface area contributed by atoms with Crippen molar-refractivity contribution in [2.45, 2.75) is 25.7 Å². The van der Waals surface area contributed by atoms with Gasteiger partial charge in [0.1, 0.15) is 15.8 Å². The minimum Gasteiger partial charge on any atom is -0.469 e. The van der Waals surface area contributed by atoms with Gasteiger partial charge < -0.3 is 4.42 Å². The molecule has 16 heavy (non-hydrogen) atoms. The summed E-state index contributed by atoms with van der Waals surface area (Å²) < 4.78 is 5.27. The molecule has 2 aromatic rings. The van der Waals surface area contributed by atoms with Gasteiger partial charge >= 0.3 is 0 Å². The third-order valence-electron chi connectivity index (χ3n) is 2.20. The van der Waals surface area contributed by atoms with Crippen molar-refractivity contribution in [3.63, 3.8) is 0 Å². The number of alkyl halides is 1. The van der Waals surface area contributed by atoms with Gasteiger partial charge in [-0.25, -0.2) is 0 Å². The van der Waals surface area contributed by atoms with Crippen molar-refractivity contribution >= 4 is 22.9 Å². The molecule has 0 aliphatic rings. The molecule has 0 aromatic carbocycles. The van der Waals surface area contributed by atoms with Crippen molar-refractivity contribution in [3.05, 3.63) is 34.2 Å². The number of furan rings is 1. The Kier molecular flexibility index (Phi) is 4.36. The molecule has 0 saturated carbocycles. The molecule has 0 atom stereocenters. The molecule has 0 fully saturated rings. The first-order chi connectivity index (χ1) is 7.88. The summed E-state index contributed by atoms with van der Waals surface area (Å²) in [7, 11) is 0. The maximum Gasteiger partial charge on any atom is 0.117 e. The zero-order valence-corrected chi connectivity index (χ0v) is 10.4. The fraction of sp³-hybridized carbons (Fsp3) is 0.455. The van der Waals surface area contributed by atoms with Crippen LogP contribution in [0.1, 0.15) is 22.2 Å². The Labute approximate surface area is 103 Å². The largest absolute Gasteiger partial charge is 0.469 e. The molecule has 86 valence electrons. The van der Waals surface area contributed by atoms with Gasteiger partial charge in [0.2, 0.25) is 0 Å². The topological polar surface area (TPSA) is 38.9 Å². The average Bonchev–Trinajstić information content (AvgIpc) is 2.95. The van der Waals surface area contributed by atoms with E-state index in [4.69, 9.17) is 16.0 Å². The van der Waals surface area contributed by atoms with Crippen LogP contribution in [-0.2, 0) is 19.3 Å². The number of hydrogen-bond donors (Lipinski definition) is 0. The Balaban J connectivity index is 1.83. The second kappa shape index (κ2) is 6.01. The average molecular weight is 257 g/mol. The summed E-state index contributed by atoms with van der Waals surface area (Å²) in [4.78, 5) is 0. The van der Waals surface area contributed by atoms with Gasteiger partial charge in [0.25, 0.3) is 0 Å². The van der Waals surface area contributed by atoms with E-state index in [1.807, 2.05) is 12.1 Å². The smallest absolute Gasteiger partial charge is 0.117 e. The lowest BCUT2D eigenvalue weighted by atomic mass is 10.2. The first-order valence-electron chi connectivity index (χ1n) is 5.28. The molecule has 0 aliphatic carbocycles. The third-order valence-corrected chi connectivity index (χ3v) is 3.51. The van der Waals surface area contributed by atoms with Gasteiger partial charge in [0, 0.05) is 25.1 Å². The van der Waals surface area contributed by atoms with Gasteiger partial charge in [-0.3, -0.25) is 0 Å². The number of aryl methyl sites for hydroxylation is 3. The summed E-state index contributed by atoms with van der Waals surface area (Å²) in [5.41, 5.74) is 0. The molecular weight excluding hydrogens is 244 g/mol. The fourth-order valence-electron chi connectivity index (χ4n) is 1.39. The summed E-state index contributed by atoms with van der Waals surface area (Å²) in [6, 6.07) is 3.89. The highest BCUT2D eigenvalue weighted by Gasteiger charge is 2.05. The Morgan fingerprint density at radius 1 is 1.19 bits per heavy atom. The van der Waals surface area contributed by atoms with Crippen LogP contribution in [0.15, 0.2) is 22.8 Å². The van der Waals surface area contributed by atoms with Gasteiger partial charge in [-0.1, -0.05) is 0 Å². The molecule has 2 rings (SSSR count). The van der Waals surface area contributed by atoms with Crippen molar-refractivity contribution in [1.29, 1.82) is 0 Å². The van der Waals surface area contributed by atoms with E-state index in [9.17, 15) is 0 Å². The predicted molar refractivity (Wildman–Crippen MR) is 65.1 cm³/mol. The highest BCUT2D eigenvalue weighted by atomic mass is 35.5. The van der Waals surface area contributed by atoms with Gasteiger partial charge in [0.15, 0.2) is 0 Å². The lowest BCUT2D eigenvalue weighted by Gasteiger charge is -1.92. The third kappa shape index (κ3) is 3.32. The molecule has 0 radical (unpaired) electrons. The maximum atomic E-state index is 5.63. The molecule has 0 saturated heterocycles. The van der Waals surface area contributed by atoms with Crippen LogP contribution < -0.4 is 0 Å². The van der Waals surface area contributed by atoms with E-state index in [1.165, 1.54) is 0 Å². The second-order valence-corrected chi connectivity index (χ2v) is 4.99. The number of nitrogens with zero attached hydrogens (tertiary/aromatic N) is 2. The first-order valence-corrected chi connectivity index (χ1v) is 6.63. The van der Waals surface area contributed by atoms with Crippen LogP contribution >= 0.6 is 22.9 Å². The Hall–Kier alpha value is -0.870. The molecule has 0 amide bonds. The molecule has 0 N–H and O–H groups in total. The summed E-state index contributed by atoms with van der Waals surface area (Å²) in [5.74, 6) is 1.68. The number of aromatic nitrogens is 2. The van der Waals surface area contributed by atoms with Crippen LogP contribution in [0.3, 0.4) is 0 Å². The standard InChI is InChI=1S/C11H13ClN2OS/c12-7-1-4-10-13-14-11(16-10)6-5-9-3-2-8-15-9/h2-3,8H,1,4-7H2. The van der Waals surface area contributed by atoms with Crippen LogP contribution in [0.25, 0.3) is 0 Å². The SMILES string of the molecule is ClCCCc1nnc(CCc2ccco2)s1. The molecule has 0 unspecified atom stereocenters. The normalized spacial score (nSPS) is 10.8. The number of rotatable bonds is 6. The molecule has 0 bridgehead atoms. The van der Waals surface area contributed by atoms with Crippen LogP contribution in [0.5, 0.6) is 0 Å². The lowest BCUT2D eigenvalue weighted by molar-refractivity contribution is 0.508. The zero-order valence-electron chi connectivity index (χ0n) is 8.86. The number of halogens is 1. The molecule has 2 heterocycles. The Morgan fingerprint density at radius 3 is 2.69 bits per heavy atom. The van der Waals surface area contributed by atoms with Crippen LogP contribution in [-0.4, -0.2) is 16.1 Å². The summed E-state index contributed by atoms with van der Waals surface area (Å²) in [6.45, 7) is 0. The van der Waals surface area contributed by atoms with Crippen molar-refractivity contribution in [1.82, 2.24) is 10.2 Å². The van der Waals surface area contributed by atoms with Crippen LogP contribution in [0.2, 0.25) is 0 Å². The van der Waals surface area contributed by atoms with Gasteiger partial charge in [0.05, 0.1) is 6.26 Å². The monoisotopic (exact) mass is 256 g/mol. The van der Waals surface area contributed by atoms with Crippen molar-refractivity contribution in [3.8, 4) is 0 Å². The van der Waals surface area contributed by atoms with Crippen LogP contribution in [0, 0.1) is 0 Å². The van der Waals surface area contributed by atoms with E-state index in [1.54, 1.807) is 17.6 Å². The van der Waals surface area contributed by atoms with Gasteiger partial charge in [-0.2, -0.15) is 0 Å².